The van der Waals surface area contributed by atoms with Crippen molar-refractivity contribution < 1.29 is 23.2 Å². The van der Waals surface area contributed by atoms with Gasteiger partial charge in [0.2, 0.25) is 0 Å². The molecule has 1 unspecified atom stereocenters. The number of rotatable bonds is 4. The van der Waals surface area contributed by atoms with Crippen LogP contribution in [0, 0.1) is 5.82 Å². The Morgan fingerprint density at radius 1 is 1.00 bits per heavy atom. The molecule has 6 heteroatoms. The second-order valence-electron chi connectivity index (χ2n) is 7.73. The van der Waals surface area contributed by atoms with Crippen LogP contribution in [0.25, 0.3) is 0 Å². The van der Waals surface area contributed by atoms with Gasteiger partial charge in [0, 0.05) is 5.56 Å². The van der Waals surface area contributed by atoms with Crippen LogP contribution in [-0.4, -0.2) is 31.4 Å². The first kappa shape index (κ1) is 19.6. The third kappa shape index (κ3) is 3.64. The van der Waals surface area contributed by atoms with Crippen molar-refractivity contribution in [1.29, 1.82) is 0 Å². The molecule has 1 aliphatic heterocycles. The third-order valence-electron chi connectivity index (χ3n) is 5.45. The quantitative estimate of drug-likeness (QED) is 0.611. The highest BCUT2D eigenvalue weighted by Crippen LogP contribution is 2.36. The van der Waals surface area contributed by atoms with Gasteiger partial charge in [-0.25, -0.2) is 4.39 Å². The van der Waals surface area contributed by atoms with Crippen LogP contribution < -0.4 is 5.46 Å². The molecule has 4 nitrogen and oxygen atoms in total. The van der Waals surface area contributed by atoms with Crippen LogP contribution in [0.2, 0.25) is 0 Å². The van der Waals surface area contributed by atoms with Crippen LogP contribution in [-0.2, 0) is 18.8 Å². The van der Waals surface area contributed by atoms with E-state index < -0.39 is 36.0 Å². The van der Waals surface area contributed by atoms with Crippen molar-refractivity contribution >= 4 is 18.6 Å². The van der Waals surface area contributed by atoms with Gasteiger partial charge in [-0.2, -0.15) is 0 Å². The Balaban J connectivity index is 1.91. The fourth-order valence-electron chi connectivity index (χ4n) is 3.09. The average molecular weight is 370 g/mol. The number of methoxy groups -OCH3 is 1. The van der Waals surface area contributed by atoms with Gasteiger partial charge < -0.3 is 14.0 Å². The maximum Gasteiger partial charge on any atom is 0.494 e. The van der Waals surface area contributed by atoms with E-state index in [1.165, 1.54) is 13.2 Å². The fraction of sp³-hybridized carbons (Fsp3) is 0.381. The molecule has 2 aromatic rings. The molecule has 1 aliphatic rings. The second kappa shape index (κ2) is 7.10. The highest BCUT2D eigenvalue weighted by Gasteiger charge is 2.51. The molecule has 1 saturated heterocycles. The van der Waals surface area contributed by atoms with Crippen molar-refractivity contribution in [3.05, 3.63) is 65.5 Å². The summed E-state index contributed by atoms with van der Waals surface area (Å²) in [7, 11) is 0.809. The predicted octanol–water partition coefficient (Wildman–Crippen LogP) is 3.43. The molecule has 0 aliphatic carbocycles. The van der Waals surface area contributed by atoms with Crippen molar-refractivity contribution in [2.45, 2.75) is 44.8 Å². The van der Waals surface area contributed by atoms with E-state index >= 15 is 0 Å². The van der Waals surface area contributed by atoms with Crippen LogP contribution >= 0.6 is 0 Å². The smallest absolute Gasteiger partial charge is 0.468 e. The summed E-state index contributed by atoms with van der Waals surface area (Å²) in [5.74, 6) is -1.78. The first-order valence-corrected chi connectivity index (χ1v) is 8.94. The predicted molar refractivity (Wildman–Crippen MR) is 102 cm³/mol. The van der Waals surface area contributed by atoms with E-state index in [0.29, 0.717) is 5.56 Å². The van der Waals surface area contributed by atoms with Gasteiger partial charge in [0.15, 0.2) is 0 Å². The molecule has 2 aromatic carbocycles. The van der Waals surface area contributed by atoms with E-state index in [1.54, 1.807) is 30.3 Å². The van der Waals surface area contributed by atoms with Crippen LogP contribution in [0.5, 0.6) is 0 Å². The fourth-order valence-corrected chi connectivity index (χ4v) is 3.09. The Morgan fingerprint density at radius 2 is 1.56 bits per heavy atom. The lowest BCUT2D eigenvalue weighted by atomic mass is 9.78. The van der Waals surface area contributed by atoms with E-state index in [0.717, 1.165) is 5.46 Å². The summed E-state index contributed by atoms with van der Waals surface area (Å²) in [6.45, 7) is 7.97. The number of hydrogen-bond donors (Lipinski definition) is 0. The number of hydrogen-bond acceptors (Lipinski definition) is 4. The van der Waals surface area contributed by atoms with Gasteiger partial charge in [0.25, 0.3) is 0 Å². The molecule has 27 heavy (non-hydrogen) atoms. The molecule has 1 fully saturated rings. The first-order chi connectivity index (χ1) is 12.7. The summed E-state index contributed by atoms with van der Waals surface area (Å²) in [5.41, 5.74) is 0.908. The van der Waals surface area contributed by atoms with Gasteiger partial charge in [-0.3, -0.25) is 4.79 Å². The summed E-state index contributed by atoms with van der Waals surface area (Å²) < 4.78 is 31.3. The Kier molecular flexibility index (Phi) is 5.15. The Bertz CT molecular complexity index is 816. The summed E-state index contributed by atoms with van der Waals surface area (Å²) in [4.78, 5) is 12.3. The number of ether oxygens (including phenoxy) is 1. The van der Waals surface area contributed by atoms with Gasteiger partial charge in [-0.15, -0.1) is 0 Å². The van der Waals surface area contributed by atoms with Gasteiger partial charge in [-0.05, 0) is 44.8 Å². The molecule has 0 N–H and O–H groups in total. The van der Waals surface area contributed by atoms with Crippen LogP contribution in [0.15, 0.2) is 48.5 Å². The highest BCUT2D eigenvalue weighted by atomic mass is 19.1. The van der Waals surface area contributed by atoms with Crippen molar-refractivity contribution in [1.82, 2.24) is 0 Å². The number of halogens is 1. The molecular formula is C21H24BFO4. The molecule has 0 radical (unpaired) electrons. The maximum absolute atomic E-state index is 14.3. The maximum atomic E-state index is 14.3. The van der Waals surface area contributed by atoms with E-state index in [-0.39, 0.29) is 5.56 Å². The molecular weight excluding hydrogens is 346 g/mol. The Morgan fingerprint density at radius 3 is 2.07 bits per heavy atom. The normalized spacial score (nSPS) is 19.0. The molecule has 0 amide bonds. The molecule has 0 saturated carbocycles. The largest absolute Gasteiger partial charge is 0.494 e. The number of carbonyl (C=O) groups excluding carboxylic acids is 1. The zero-order chi connectivity index (χ0) is 19.8. The van der Waals surface area contributed by atoms with Gasteiger partial charge in [-0.1, -0.05) is 42.5 Å². The van der Waals surface area contributed by atoms with E-state index in [9.17, 15) is 9.18 Å². The topological polar surface area (TPSA) is 44.8 Å². The SMILES string of the molecule is COC(=O)C(c1ccc(B2OC(C)(C)C(C)(C)O2)cc1)c1ccccc1F. The van der Waals surface area contributed by atoms with E-state index in [4.69, 9.17) is 14.0 Å². The van der Waals surface area contributed by atoms with Crippen LogP contribution in [0.3, 0.4) is 0 Å². The minimum Gasteiger partial charge on any atom is -0.468 e. The van der Waals surface area contributed by atoms with Crippen molar-refractivity contribution in [2.24, 2.45) is 0 Å². The molecule has 1 atom stereocenters. The number of carbonyl (C=O) groups is 1. The van der Waals surface area contributed by atoms with Gasteiger partial charge in [0.1, 0.15) is 11.7 Å². The van der Waals surface area contributed by atoms with Crippen molar-refractivity contribution in [3.8, 4) is 0 Å². The second-order valence-corrected chi connectivity index (χ2v) is 7.73. The van der Waals surface area contributed by atoms with Crippen LogP contribution in [0.1, 0.15) is 44.7 Å². The average Bonchev–Trinajstić information content (AvgIpc) is 2.85. The van der Waals surface area contributed by atoms with Crippen LogP contribution in [0.4, 0.5) is 4.39 Å². The lowest BCUT2D eigenvalue weighted by molar-refractivity contribution is -0.141. The Hall–Kier alpha value is -2.18. The lowest BCUT2D eigenvalue weighted by Gasteiger charge is -2.32. The Labute approximate surface area is 159 Å². The zero-order valence-corrected chi connectivity index (χ0v) is 16.3. The molecule has 3 rings (SSSR count). The third-order valence-corrected chi connectivity index (χ3v) is 5.45. The summed E-state index contributed by atoms with van der Waals surface area (Å²) in [6, 6.07) is 13.5. The molecule has 1 heterocycles. The minimum absolute atomic E-state index is 0.285. The molecule has 0 spiro atoms. The first-order valence-electron chi connectivity index (χ1n) is 8.94. The van der Waals surface area contributed by atoms with E-state index in [1.807, 2.05) is 39.8 Å². The van der Waals surface area contributed by atoms with Crippen molar-refractivity contribution in [3.63, 3.8) is 0 Å². The highest BCUT2D eigenvalue weighted by molar-refractivity contribution is 6.62. The molecule has 0 bridgehead atoms. The van der Waals surface area contributed by atoms with E-state index in [2.05, 4.69) is 0 Å². The monoisotopic (exact) mass is 370 g/mol. The summed E-state index contributed by atoms with van der Waals surface area (Å²) >= 11 is 0. The summed E-state index contributed by atoms with van der Waals surface area (Å²) in [6.07, 6.45) is 0. The van der Waals surface area contributed by atoms with Crippen molar-refractivity contribution in [2.75, 3.05) is 7.11 Å². The molecule has 142 valence electrons. The minimum atomic E-state index is -0.830. The lowest BCUT2D eigenvalue weighted by Crippen LogP contribution is -2.41. The number of esters is 1. The zero-order valence-electron chi connectivity index (χ0n) is 16.3. The summed E-state index contributed by atoms with van der Waals surface area (Å²) in [5, 5.41) is 0. The van der Waals surface area contributed by atoms with Gasteiger partial charge >= 0.3 is 13.1 Å². The number of benzene rings is 2. The van der Waals surface area contributed by atoms with Gasteiger partial charge in [0.05, 0.1) is 18.3 Å². The standard InChI is InChI=1S/C21H24BFO4/c1-20(2)21(3,4)27-22(26-20)15-12-10-14(11-13-15)18(19(24)25-5)16-8-6-7-9-17(16)23/h6-13,18H,1-5H3. The molecule has 0 aromatic heterocycles.